The van der Waals surface area contributed by atoms with E-state index in [2.05, 4.69) is 19.2 Å². The molecular formula is C5H8N. The third-order valence-electron chi connectivity index (χ3n) is 0.490. The normalized spacial score (nSPS) is 8.33. The van der Waals surface area contributed by atoms with Crippen LogP contribution in [-0.4, -0.2) is 6.04 Å². The highest BCUT2D eigenvalue weighted by molar-refractivity contribution is 4.89. The van der Waals surface area contributed by atoms with E-state index in [0.29, 0.717) is 0 Å². The molecule has 1 heteroatoms. The van der Waals surface area contributed by atoms with Gasteiger partial charge in [0, 0.05) is 6.04 Å². The fraction of sp³-hybridized carbons (Fsp3) is 0.200. The monoisotopic (exact) mass is 82.1 g/mol. The minimum atomic E-state index is -0.162. The van der Waals surface area contributed by atoms with Crippen molar-refractivity contribution in [3.05, 3.63) is 25.3 Å². The number of hydrogen-bond donors (Lipinski definition) is 1. The highest BCUT2D eigenvalue weighted by Crippen LogP contribution is 1.72. The van der Waals surface area contributed by atoms with Gasteiger partial charge < -0.3 is 5.73 Å². The molecule has 0 aromatic heterocycles. The number of rotatable bonds is 2. The minimum absolute atomic E-state index is 0.162. The maximum atomic E-state index is 5.18. The van der Waals surface area contributed by atoms with Crippen molar-refractivity contribution in [2.75, 3.05) is 0 Å². The number of hydrogen-bond acceptors (Lipinski definition) is 1. The van der Waals surface area contributed by atoms with E-state index in [1.54, 1.807) is 6.08 Å². The Morgan fingerprint density at radius 2 is 2.33 bits per heavy atom. The van der Waals surface area contributed by atoms with Gasteiger partial charge in [0.2, 0.25) is 0 Å². The Morgan fingerprint density at radius 3 is 2.33 bits per heavy atom. The lowest BCUT2D eigenvalue weighted by atomic mass is 10.3. The summed E-state index contributed by atoms with van der Waals surface area (Å²) in [6, 6.07) is -0.162. The predicted octanol–water partition coefficient (Wildman–Crippen LogP) is 0.489. The van der Waals surface area contributed by atoms with Gasteiger partial charge in [0.25, 0.3) is 0 Å². The fourth-order valence-electron chi connectivity index (χ4n) is 0.0833. The molecule has 0 amide bonds. The summed E-state index contributed by atoms with van der Waals surface area (Å²) in [5.74, 6) is 0. The Kier molecular flexibility index (Phi) is 2.42. The molecule has 0 aromatic rings. The molecule has 0 fully saturated rings. The van der Waals surface area contributed by atoms with Gasteiger partial charge in [-0.3, -0.25) is 0 Å². The van der Waals surface area contributed by atoms with Crippen molar-refractivity contribution in [2.45, 2.75) is 6.04 Å². The third-order valence-corrected chi connectivity index (χ3v) is 0.490. The highest BCUT2D eigenvalue weighted by atomic mass is 14.6. The summed E-state index contributed by atoms with van der Waals surface area (Å²) in [7, 11) is 0. The molecule has 2 N–H and O–H groups in total. The summed E-state index contributed by atoms with van der Waals surface area (Å²) in [4.78, 5) is 0. The molecule has 33 valence electrons. The molecule has 1 unspecified atom stereocenters. The Hall–Kier alpha value is -0.560. The molecule has 0 rings (SSSR count). The van der Waals surface area contributed by atoms with Crippen molar-refractivity contribution < 1.29 is 0 Å². The standard InChI is InChI=1S/C5H8N/c1-3-5(6)4-2/h3,5H,1-2,6H2. The first kappa shape index (κ1) is 5.44. The molecule has 0 aliphatic heterocycles. The summed E-state index contributed by atoms with van der Waals surface area (Å²) in [5.41, 5.74) is 5.18. The van der Waals surface area contributed by atoms with Crippen molar-refractivity contribution >= 4 is 0 Å². The highest BCUT2D eigenvalue weighted by Gasteiger charge is 1.79. The molecule has 0 saturated carbocycles. The van der Waals surface area contributed by atoms with Gasteiger partial charge in [0.05, 0.1) is 0 Å². The SMILES string of the molecule is C=[C]C(N)C=C. The smallest absolute Gasteiger partial charge is 0.0475 e. The summed E-state index contributed by atoms with van der Waals surface area (Å²) >= 11 is 0. The first-order valence-corrected chi connectivity index (χ1v) is 1.72. The van der Waals surface area contributed by atoms with Gasteiger partial charge in [-0.2, -0.15) is 0 Å². The van der Waals surface area contributed by atoms with Crippen LogP contribution in [0.3, 0.4) is 0 Å². The summed E-state index contributed by atoms with van der Waals surface area (Å²) in [6.45, 7) is 6.71. The first-order valence-electron chi connectivity index (χ1n) is 1.72. The molecule has 0 bridgehead atoms. The van der Waals surface area contributed by atoms with Crippen LogP contribution in [0.2, 0.25) is 0 Å². The van der Waals surface area contributed by atoms with Gasteiger partial charge in [-0.1, -0.05) is 12.7 Å². The lowest BCUT2D eigenvalue weighted by Crippen LogP contribution is -2.11. The van der Waals surface area contributed by atoms with Gasteiger partial charge in [0.1, 0.15) is 0 Å². The molecule has 1 nitrogen and oxygen atoms in total. The molecule has 0 heterocycles. The zero-order valence-corrected chi connectivity index (χ0v) is 3.65. The Bertz CT molecular complexity index is 49.0. The van der Waals surface area contributed by atoms with Crippen LogP contribution in [0, 0.1) is 6.08 Å². The van der Waals surface area contributed by atoms with Crippen molar-refractivity contribution in [1.29, 1.82) is 0 Å². The molecule has 0 saturated heterocycles. The van der Waals surface area contributed by atoms with E-state index in [-0.39, 0.29) is 6.04 Å². The van der Waals surface area contributed by atoms with E-state index in [9.17, 15) is 0 Å². The molecule has 0 aromatic carbocycles. The van der Waals surface area contributed by atoms with E-state index in [0.717, 1.165) is 0 Å². The minimum Gasteiger partial charge on any atom is -0.321 e. The molecule has 0 spiro atoms. The first-order chi connectivity index (χ1) is 2.81. The maximum Gasteiger partial charge on any atom is 0.0475 e. The average Bonchev–Trinajstić information content (AvgIpc) is 1.65. The van der Waals surface area contributed by atoms with Gasteiger partial charge in [-0.15, -0.1) is 6.58 Å². The van der Waals surface area contributed by atoms with E-state index in [1.165, 1.54) is 0 Å². The van der Waals surface area contributed by atoms with Crippen LogP contribution in [0.25, 0.3) is 0 Å². The molecule has 1 atom stereocenters. The van der Waals surface area contributed by atoms with Gasteiger partial charge in [0.15, 0.2) is 0 Å². The lowest BCUT2D eigenvalue weighted by molar-refractivity contribution is 1.01. The van der Waals surface area contributed by atoms with E-state index in [4.69, 9.17) is 5.73 Å². The molecule has 0 aliphatic carbocycles. The predicted molar refractivity (Wildman–Crippen MR) is 27.0 cm³/mol. The summed E-state index contributed by atoms with van der Waals surface area (Å²) in [6.07, 6.45) is 4.10. The second-order valence-electron chi connectivity index (χ2n) is 0.966. The van der Waals surface area contributed by atoms with Gasteiger partial charge >= 0.3 is 0 Å². The fourth-order valence-corrected chi connectivity index (χ4v) is 0.0833. The summed E-state index contributed by atoms with van der Waals surface area (Å²) in [5, 5.41) is 0. The van der Waals surface area contributed by atoms with Crippen LogP contribution >= 0.6 is 0 Å². The number of nitrogens with two attached hydrogens (primary N) is 1. The van der Waals surface area contributed by atoms with E-state index >= 15 is 0 Å². The van der Waals surface area contributed by atoms with Gasteiger partial charge in [-0.25, -0.2) is 0 Å². The lowest BCUT2D eigenvalue weighted by Gasteiger charge is -1.88. The van der Waals surface area contributed by atoms with Crippen molar-refractivity contribution in [1.82, 2.24) is 0 Å². The van der Waals surface area contributed by atoms with E-state index in [1.807, 2.05) is 0 Å². The quantitative estimate of drug-likeness (QED) is 0.482. The Balaban J connectivity index is 3.21. The van der Waals surface area contributed by atoms with Crippen LogP contribution in [0.4, 0.5) is 0 Å². The van der Waals surface area contributed by atoms with Crippen LogP contribution in [0.5, 0.6) is 0 Å². The van der Waals surface area contributed by atoms with Crippen molar-refractivity contribution in [2.24, 2.45) is 5.73 Å². The Morgan fingerprint density at radius 1 is 1.83 bits per heavy atom. The average molecular weight is 82.1 g/mol. The molecular weight excluding hydrogens is 74.1 g/mol. The second kappa shape index (κ2) is 2.67. The van der Waals surface area contributed by atoms with Crippen molar-refractivity contribution in [3.8, 4) is 0 Å². The molecule has 1 radical (unpaired) electrons. The molecule has 6 heavy (non-hydrogen) atoms. The Labute approximate surface area is 38.2 Å². The third kappa shape index (κ3) is 1.73. The zero-order chi connectivity index (χ0) is 4.99. The summed E-state index contributed by atoms with van der Waals surface area (Å²) < 4.78 is 0. The largest absolute Gasteiger partial charge is 0.321 e. The molecule has 0 aliphatic rings. The van der Waals surface area contributed by atoms with Crippen molar-refractivity contribution in [3.63, 3.8) is 0 Å². The van der Waals surface area contributed by atoms with Gasteiger partial charge in [-0.05, 0) is 6.08 Å². The second-order valence-corrected chi connectivity index (χ2v) is 0.966. The van der Waals surface area contributed by atoms with Crippen LogP contribution in [0.15, 0.2) is 19.2 Å². The van der Waals surface area contributed by atoms with Crippen LogP contribution in [-0.2, 0) is 0 Å². The van der Waals surface area contributed by atoms with E-state index < -0.39 is 0 Å². The maximum absolute atomic E-state index is 5.18. The van der Waals surface area contributed by atoms with Crippen LogP contribution < -0.4 is 5.73 Å². The topological polar surface area (TPSA) is 26.0 Å². The zero-order valence-electron chi connectivity index (χ0n) is 3.65. The van der Waals surface area contributed by atoms with Crippen LogP contribution in [0.1, 0.15) is 0 Å².